The van der Waals surface area contributed by atoms with E-state index < -0.39 is 11.0 Å². The van der Waals surface area contributed by atoms with Crippen LogP contribution in [0.1, 0.15) is 0 Å². The Kier molecular flexibility index (Phi) is 51.8. The van der Waals surface area contributed by atoms with E-state index in [1.807, 2.05) is 0 Å². The van der Waals surface area contributed by atoms with Crippen molar-refractivity contribution in [1.29, 1.82) is 0 Å². The number of rotatable bonds is 0. The van der Waals surface area contributed by atoms with Gasteiger partial charge in [-0.15, -0.1) is 0 Å². The van der Waals surface area contributed by atoms with Gasteiger partial charge in [0.15, 0.2) is 0 Å². The molecule has 3 N–H and O–H groups in total. The molecule has 0 fully saturated rings. The van der Waals surface area contributed by atoms with Crippen molar-refractivity contribution in [2.24, 2.45) is 0 Å². The SMILES string of the molecule is O.O=[SH](=O)O.[NaH].[NaH]. The second kappa shape index (κ2) is 15.7. The van der Waals surface area contributed by atoms with Crippen molar-refractivity contribution in [2.75, 3.05) is 0 Å². The van der Waals surface area contributed by atoms with Crippen molar-refractivity contribution in [2.45, 2.75) is 0 Å². The van der Waals surface area contributed by atoms with E-state index in [9.17, 15) is 0 Å². The normalized spacial score (nSPS) is 4.86. The van der Waals surface area contributed by atoms with Crippen molar-refractivity contribution >= 4 is 70.1 Å². The van der Waals surface area contributed by atoms with Gasteiger partial charge in [-0.3, -0.25) is 4.55 Å². The average Bonchev–Trinajstić information content (AvgIpc) is 0.811. The van der Waals surface area contributed by atoms with Crippen LogP contribution in [0.4, 0.5) is 0 Å². The molecule has 0 spiro atoms. The van der Waals surface area contributed by atoms with Crippen LogP contribution in [0.3, 0.4) is 0 Å². The molecule has 7 heavy (non-hydrogen) atoms. The molecule has 0 aromatic carbocycles. The molecule has 0 aromatic heterocycles. The standard InChI is InChI=1S/2Na.H2O3S.H2O.2H/c;;1-4(2)3;;;/h;;4H,(H,1,2,3);1H2;;. The molecule has 0 amide bonds. The van der Waals surface area contributed by atoms with Gasteiger partial charge < -0.3 is 5.48 Å². The third kappa shape index (κ3) is 77.5. The topological polar surface area (TPSA) is 85.9 Å². The minimum atomic E-state index is -3.12. The Morgan fingerprint density at radius 2 is 1.14 bits per heavy atom. The maximum absolute atomic E-state index is 8.59. The second-order valence-electron chi connectivity index (χ2n) is 0.238. The molecule has 0 aliphatic carbocycles. The molecule has 0 atom stereocenters. The number of thiol groups is 1. The molecule has 0 saturated carbocycles. The summed E-state index contributed by atoms with van der Waals surface area (Å²) in [4.78, 5) is 0. The summed E-state index contributed by atoms with van der Waals surface area (Å²) in [6, 6.07) is 0. The summed E-state index contributed by atoms with van der Waals surface area (Å²) in [7, 11) is -3.12. The second-order valence-corrected chi connectivity index (χ2v) is 0.714. The molecule has 0 unspecified atom stereocenters. The van der Waals surface area contributed by atoms with Gasteiger partial charge in [-0.2, -0.15) is 0 Å². The van der Waals surface area contributed by atoms with Crippen molar-refractivity contribution in [3.05, 3.63) is 0 Å². The Labute approximate surface area is 87.3 Å². The van der Waals surface area contributed by atoms with Crippen LogP contribution in [0.2, 0.25) is 0 Å². The van der Waals surface area contributed by atoms with E-state index in [4.69, 9.17) is 13.0 Å². The van der Waals surface area contributed by atoms with Gasteiger partial charge in [0.1, 0.15) is 0 Å². The van der Waals surface area contributed by atoms with Crippen LogP contribution in [0, 0.1) is 0 Å². The maximum atomic E-state index is 8.59. The average molecular weight is 148 g/mol. The van der Waals surface area contributed by atoms with Crippen LogP contribution in [-0.2, 0) is 11.0 Å². The molecule has 0 rings (SSSR count). The first kappa shape index (κ1) is 23.2. The van der Waals surface area contributed by atoms with Gasteiger partial charge in [-0.1, -0.05) is 0 Å². The van der Waals surface area contributed by atoms with E-state index in [0.717, 1.165) is 0 Å². The predicted octanol–water partition coefficient (Wildman–Crippen LogP) is -3.05. The van der Waals surface area contributed by atoms with Gasteiger partial charge in [-0.05, 0) is 0 Å². The summed E-state index contributed by atoms with van der Waals surface area (Å²) in [5.41, 5.74) is 0. The zero-order valence-electron chi connectivity index (χ0n) is 2.21. The molecule has 0 heterocycles. The molecule has 0 aliphatic rings. The molecule has 0 aliphatic heterocycles. The van der Waals surface area contributed by atoms with E-state index in [0.29, 0.717) is 0 Å². The van der Waals surface area contributed by atoms with Crippen LogP contribution < -0.4 is 0 Å². The zero-order chi connectivity index (χ0) is 3.58. The molecule has 7 heteroatoms. The predicted molar refractivity (Wildman–Crippen MR) is 30.9 cm³/mol. The van der Waals surface area contributed by atoms with E-state index in [1.54, 1.807) is 0 Å². The fourth-order valence-electron chi connectivity index (χ4n) is 0. The number of hydrogen-bond donors (Lipinski definition) is 2. The zero-order valence-corrected chi connectivity index (χ0v) is 3.11. The molecule has 0 radical (unpaired) electrons. The van der Waals surface area contributed by atoms with Crippen molar-refractivity contribution in [1.82, 2.24) is 0 Å². The fraction of sp³-hybridized carbons (Fsp3) is 0. The molecule has 0 bridgehead atoms. The first-order valence-electron chi connectivity index (χ1n) is 0.565. The van der Waals surface area contributed by atoms with Gasteiger partial charge in [-0.25, -0.2) is 8.42 Å². The van der Waals surface area contributed by atoms with Gasteiger partial charge in [0.05, 0.1) is 0 Å². The first-order valence-corrected chi connectivity index (χ1v) is 1.70. The minimum absolute atomic E-state index is 0. The monoisotopic (exact) mass is 148 g/mol. The summed E-state index contributed by atoms with van der Waals surface area (Å²) in [6.45, 7) is 0. The number of hydrogen-bond acceptors (Lipinski definition) is 2. The Bertz CT molecular complexity index is 58.1. The van der Waals surface area contributed by atoms with Gasteiger partial charge in [0.2, 0.25) is 0 Å². The Morgan fingerprint density at radius 3 is 1.14 bits per heavy atom. The van der Waals surface area contributed by atoms with Crippen molar-refractivity contribution in [3.63, 3.8) is 0 Å². The summed E-state index contributed by atoms with van der Waals surface area (Å²) in [5.74, 6) is 0. The van der Waals surface area contributed by atoms with Crippen LogP contribution in [0.15, 0.2) is 0 Å². The molecule has 38 valence electrons. The van der Waals surface area contributed by atoms with Crippen LogP contribution in [0.25, 0.3) is 0 Å². The Balaban J connectivity index is -0.0000000150. The summed E-state index contributed by atoms with van der Waals surface area (Å²) in [5, 5.41) is 0. The quantitative estimate of drug-likeness (QED) is 0.217. The molecule has 4 nitrogen and oxygen atoms in total. The molecular formula is H6Na2O4S. The van der Waals surface area contributed by atoms with Crippen LogP contribution in [-0.4, -0.2) is 77.6 Å². The van der Waals surface area contributed by atoms with Gasteiger partial charge >= 0.3 is 59.1 Å². The van der Waals surface area contributed by atoms with E-state index in [2.05, 4.69) is 0 Å². The van der Waals surface area contributed by atoms with Crippen LogP contribution >= 0.6 is 0 Å². The van der Waals surface area contributed by atoms with E-state index in [-0.39, 0.29) is 64.6 Å². The summed E-state index contributed by atoms with van der Waals surface area (Å²) < 4.78 is 24.2. The molecule has 0 aromatic rings. The third-order valence-electron chi connectivity index (χ3n) is 0. The van der Waals surface area contributed by atoms with Crippen LogP contribution in [0.5, 0.6) is 0 Å². The fourth-order valence-corrected chi connectivity index (χ4v) is 0. The first-order chi connectivity index (χ1) is 1.73. The van der Waals surface area contributed by atoms with Crippen molar-refractivity contribution < 1.29 is 18.4 Å². The Hall–Kier alpha value is 1.87. The molecular weight excluding hydrogens is 142 g/mol. The van der Waals surface area contributed by atoms with E-state index in [1.165, 1.54) is 0 Å². The molecule has 0 saturated heterocycles. The van der Waals surface area contributed by atoms with Gasteiger partial charge in [0.25, 0.3) is 11.0 Å². The van der Waals surface area contributed by atoms with Gasteiger partial charge in [0, 0.05) is 0 Å². The van der Waals surface area contributed by atoms with Crippen molar-refractivity contribution in [3.8, 4) is 0 Å². The third-order valence-corrected chi connectivity index (χ3v) is 0. The summed E-state index contributed by atoms with van der Waals surface area (Å²) >= 11 is 0. The van der Waals surface area contributed by atoms with E-state index >= 15 is 0 Å². The summed E-state index contributed by atoms with van der Waals surface area (Å²) in [6.07, 6.45) is 0. The Morgan fingerprint density at radius 1 is 1.14 bits per heavy atom.